The van der Waals surface area contributed by atoms with Crippen LogP contribution in [0.15, 0.2) is 30.9 Å². The molecule has 1 aromatic rings. The Morgan fingerprint density at radius 3 is 2.24 bits per heavy atom. The van der Waals surface area contributed by atoms with Crippen molar-refractivity contribution in [1.82, 2.24) is 0 Å². The number of benzene rings is 1. The predicted octanol–water partition coefficient (Wildman–Crippen LogP) is 6.18. The molecule has 1 aromatic carbocycles. The summed E-state index contributed by atoms with van der Waals surface area (Å²) in [4.78, 5) is 11.1. The Bertz CT molecular complexity index is 795. The minimum Gasteiger partial charge on any atom is -0.477 e. The van der Waals surface area contributed by atoms with Crippen LogP contribution in [-0.2, 0) is 9.16 Å². The fraction of sp³-hybridized carbons (Fsp3) is 0.636. The Kier molecular flexibility index (Phi) is 6.12. The molecule has 29 heavy (non-hydrogen) atoms. The Balaban J connectivity index is 2.51. The summed E-state index contributed by atoms with van der Waals surface area (Å²) < 4.78 is 18.6. The number of nitrogens with zero attached hydrogens (tertiary/aromatic N) is 1. The third-order valence-electron chi connectivity index (χ3n) is 5.94. The summed E-state index contributed by atoms with van der Waals surface area (Å²) in [6.07, 6.45) is 1.19. The first-order chi connectivity index (χ1) is 13.0. The molecule has 0 bridgehead atoms. The molecule has 1 heterocycles. The van der Waals surface area contributed by atoms with Crippen molar-refractivity contribution in [1.29, 1.82) is 0 Å². The molecular formula is C22H35NO5Si. The quantitative estimate of drug-likeness (QED) is 0.165. The van der Waals surface area contributed by atoms with Gasteiger partial charge in [0.2, 0.25) is 0 Å². The molecule has 0 unspecified atom stereocenters. The summed E-state index contributed by atoms with van der Waals surface area (Å²) in [7, 11) is -2.11. The molecule has 7 heteroatoms. The van der Waals surface area contributed by atoms with E-state index in [1.54, 1.807) is 18.2 Å². The maximum Gasteiger partial charge on any atom is 0.310 e. The first-order valence-corrected chi connectivity index (χ1v) is 12.9. The van der Waals surface area contributed by atoms with Crippen LogP contribution in [-0.4, -0.2) is 30.5 Å². The van der Waals surface area contributed by atoms with Crippen LogP contribution >= 0.6 is 0 Å². The first-order valence-electron chi connectivity index (χ1n) is 9.97. The number of epoxide rings is 1. The highest BCUT2D eigenvalue weighted by Gasteiger charge is 2.55. The number of rotatable bonds is 8. The van der Waals surface area contributed by atoms with Gasteiger partial charge in [0.05, 0.1) is 16.6 Å². The fourth-order valence-corrected chi connectivity index (χ4v) is 4.03. The van der Waals surface area contributed by atoms with Gasteiger partial charge >= 0.3 is 5.69 Å². The van der Waals surface area contributed by atoms with Crippen LogP contribution in [0.1, 0.15) is 60.1 Å². The lowest BCUT2D eigenvalue weighted by Crippen LogP contribution is -2.43. The van der Waals surface area contributed by atoms with E-state index in [4.69, 9.17) is 13.9 Å². The molecule has 162 valence electrons. The highest BCUT2D eigenvalue weighted by molar-refractivity contribution is 6.74. The summed E-state index contributed by atoms with van der Waals surface area (Å²) in [5.41, 5.74) is -0.290. The van der Waals surface area contributed by atoms with Crippen molar-refractivity contribution >= 4 is 14.0 Å². The lowest BCUT2D eigenvalue weighted by molar-refractivity contribution is -0.386. The molecule has 2 atom stereocenters. The van der Waals surface area contributed by atoms with Crippen molar-refractivity contribution in [2.24, 2.45) is 0 Å². The molecule has 0 spiro atoms. The van der Waals surface area contributed by atoms with Gasteiger partial charge in [-0.1, -0.05) is 27.4 Å². The van der Waals surface area contributed by atoms with Crippen molar-refractivity contribution in [3.63, 3.8) is 0 Å². The summed E-state index contributed by atoms with van der Waals surface area (Å²) in [5.74, 6) is 0.208. The number of hydrogen-bond acceptors (Lipinski definition) is 5. The van der Waals surface area contributed by atoms with E-state index in [0.29, 0.717) is 0 Å². The highest BCUT2D eigenvalue weighted by atomic mass is 28.4. The van der Waals surface area contributed by atoms with E-state index >= 15 is 0 Å². The van der Waals surface area contributed by atoms with Crippen LogP contribution in [0, 0.1) is 10.1 Å². The van der Waals surface area contributed by atoms with Crippen LogP contribution in [0.25, 0.3) is 0 Å². The standard InChI is InChI=1S/C22H35NO5Si/c1-11-21(5,6)26-17-14-15(12-13-16(17)23(24)25)18(19-22(7,8)27-19)28-29(9,10)20(2,3)4/h11-14,18-19H,1H2,2-10H3/t18-,19+/m0/s1. The third kappa shape index (κ3) is 5.27. The number of nitro groups is 1. The summed E-state index contributed by atoms with van der Waals surface area (Å²) in [5, 5.41) is 11.6. The molecular weight excluding hydrogens is 386 g/mol. The maximum atomic E-state index is 11.5. The van der Waals surface area contributed by atoms with E-state index < -0.39 is 18.8 Å². The zero-order chi connectivity index (χ0) is 22.4. The Morgan fingerprint density at radius 2 is 1.83 bits per heavy atom. The van der Waals surface area contributed by atoms with E-state index in [-0.39, 0.29) is 34.3 Å². The second kappa shape index (κ2) is 7.52. The summed E-state index contributed by atoms with van der Waals surface area (Å²) in [6, 6.07) is 4.96. The molecule has 6 nitrogen and oxygen atoms in total. The number of ether oxygens (including phenoxy) is 2. The summed E-state index contributed by atoms with van der Waals surface area (Å²) >= 11 is 0. The largest absolute Gasteiger partial charge is 0.477 e. The monoisotopic (exact) mass is 421 g/mol. The maximum absolute atomic E-state index is 11.5. The second-order valence-corrected chi connectivity index (χ2v) is 15.1. The van der Waals surface area contributed by atoms with Gasteiger partial charge < -0.3 is 13.9 Å². The van der Waals surface area contributed by atoms with Gasteiger partial charge in [-0.15, -0.1) is 0 Å². The third-order valence-corrected chi connectivity index (χ3v) is 10.4. The topological polar surface area (TPSA) is 74.1 Å². The molecule has 0 aliphatic carbocycles. The van der Waals surface area contributed by atoms with E-state index in [0.717, 1.165) is 5.56 Å². The first kappa shape index (κ1) is 23.6. The van der Waals surface area contributed by atoms with Gasteiger partial charge in [0.15, 0.2) is 14.1 Å². The molecule has 1 saturated heterocycles. The Labute approximate surface area is 175 Å². The van der Waals surface area contributed by atoms with Gasteiger partial charge in [-0.05, 0) is 69.6 Å². The fourth-order valence-electron chi connectivity index (χ4n) is 2.78. The smallest absolute Gasteiger partial charge is 0.310 e. The van der Waals surface area contributed by atoms with Gasteiger partial charge in [0.25, 0.3) is 0 Å². The zero-order valence-electron chi connectivity index (χ0n) is 19.2. The average molecular weight is 422 g/mol. The van der Waals surface area contributed by atoms with Crippen molar-refractivity contribution in [2.75, 3.05) is 0 Å². The highest BCUT2D eigenvalue weighted by Crippen LogP contribution is 2.50. The van der Waals surface area contributed by atoms with E-state index in [1.807, 2.05) is 27.7 Å². The zero-order valence-corrected chi connectivity index (χ0v) is 20.2. The lowest BCUT2D eigenvalue weighted by Gasteiger charge is -2.39. The average Bonchev–Trinajstić information content (AvgIpc) is 3.19. The van der Waals surface area contributed by atoms with Crippen molar-refractivity contribution in [2.45, 2.75) is 90.0 Å². The molecule has 1 aliphatic heterocycles. The van der Waals surface area contributed by atoms with Gasteiger partial charge in [-0.25, -0.2) is 0 Å². The SMILES string of the molecule is C=CC(C)(C)Oc1cc([C@H](O[Si](C)(C)C(C)(C)C)[C@H]2OC2(C)C)ccc1[N+](=O)[O-]. The molecule has 0 aromatic heterocycles. The molecule has 1 fully saturated rings. The Morgan fingerprint density at radius 1 is 1.28 bits per heavy atom. The normalized spacial score (nSPS) is 20.1. The molecule has 0 radical (unpaired) electrons. The van der Waals surface area contributed by atoms with Crippen molar-refractivity contribution in [3.05, 3.63) is 46.5 Å². The van der Waals surface area contributed by atoms with Crippen LogP contribution in [0.5, 0.6) is 5.75 Å². The predicted molar refractivity (Wildman–Crippen MR) is 118 cm³/mol. The number of nitro benzene ring substituents is 1. The van der Waals surface area contributed by atoms with Crippen LogP contribution in [0.4, 0.5) is 5.69 Å². The number of hydrogen-bond donors (Lipinski definition) is 0. The van der Waals surface area contributed by atoms with E-state index in [9.17, 15) is 10.1 Å². The Hall–Kier alpha value is -1.70. The second-order valence-electron chi connectivity index (χ2n) is 10.3. The lowest BCUT2D eigenvalue weighted by atomic mass is 9.99. The van der Waals surface area contributed by atoms with Gasteiger partial charge in [0, 0.05) is 6.07 Å². The van der Waals surface area contributed by atoms with Gasteiger partial charge in [-0.2, -0.15) is 0 Å². The van der Waals surface area contributed by atoms with E-state index in [1.165, 1.54) is 6.07 Å². The molecule has 0 saturated carbocycles. The van der Waals surface area contributed by atoms with Gasteiger partial charge in [-0.3, -0.25) is 10.1 Å². The van der Waals surface area contributed by atoms with Crippen LogP contribution in [0.2, 0.25) is 18.1 Å². The molecule has 0 amide bonds. The summed E-state index contributed by atoms with van der Waals surface area (Å²) in [6.45, 7) is 22.4. The minimum atomic E-state index is -2.11. The van der Waals surface area contributed by atoms with Gasteiger partial charge in [0.1, 0.15) is 11.7 Å². The molecule has 2 rings (SSSR count). The minimum absolute atomic E-state index is 0.0230. The molecule has 1 aliphatic rings. The van der Waals surface area contributed by atoms with Crippen LogP contribution in [0.3, 0.4) is 0 Å². The van der Waals surface area contributed by atoms with E-state index in [2.05, 4.69) is 40.4 Å². The van der Waals surface area contributed by atoms with Crippen molar-refractivity contribution in [3.8, 4) is 5.75 Å². The van der Waals surface area contributed by atoms with Crippen LogP contribution < -0.4 is 4.74 Å². The molecule has 0 N–H and O–H groups in total. The van der Waals surface area contributed by atoms with Crippen molar-refractivity contribution < 1.29 is 18.8 Å².